The van der Waals surface area contributed by atoms with E-state index in [4.69, 9.17) is 0 Å². The molecule has 1 heterocycles. The molecule has 0 aliphatic carbocycles. The largest absolute Gasteiger partial charge is 0.248 e. The van der Waals surface area contributed by atoms with Crippen molar-refractivity contribution in [2.45, 2.75) is 19.6 Å². The van der Waals surface area contributed by atoms with Crippen molar-refractivity contribution in [1.82, 2.24) is 4.98 Å². The minimum absolute atomic E-state index is 0.834. The Bertz CT molecular complexity index is 568. The van der Waals surface area contributed by atoms with Gasteiger partial charge in [0.05, 0.1) is 8.07 Å². The zero-order valence-electron chi connectivity index (χ0n) is 11.1. The molecular weight excluding hydrogens is 234 g/mol. The van der Waals surface area contributed by atoms with Gasteiger partial charge in [-0.25, -0.2) is 4.98 Å². The molecule has 1 aromatic heterocycles. The first-order valence-electron chi connectivity index (χ1n) is 6.09. The summed E-state index contributed by atoms with van der Waals surface area (Å²) in [5.74, 6) is 6.21. The van der Waals surface area contributed by atoms with Gasteiger partial charge >= 0.3 is 0 Å². The fourth-order valence-corrected chi connectivity index (χ4v) is 2.60. The molecule has 0 amide bonds. The average Bonchev–Trinajstić information content (AvgIpc) is 2.37. The van der Waals surface area contributed by atoms with E-state index in [1.165, 1.54) is 5.19 Å². The van der Waals surface area contributed by atoms with Gasteiger partial charge in [0, 0.05) is 11.8 Å². The third-order valence-electron chi connectivity index (χ3n) is 2.74. The molecule has 0 saturated heterocycles. The number of rotatable bonds is 1. The van der Waals surface area contributed by atoms with E-state index in [0.717, 1.165) is 11.3 Å². The van der Waals surface area contributed by atoms with Crippen LogP contribution >= 0.6 is 0 Å². The van der Waals surface area contributed by atoms with Crippen molar-refractivity contribution in [3.05, 3.63) is 59.9 Å². The number of benzene rings is 1. The molecule has 90 valence electrons. The van der Waals surface area contributed by atoms with Crippen molar-refractivity contribution in [2.75, 3.05) is 0 Å². The number of pyridine rings is 1. The lowest BCUT2D eigenvalue weighted by atomic mass is 10.2. The SMILES string of the molecule is C[Si](C)(C)c1ccc(C#Cc2ccccc2)nc1. The predicted octanol–water partition coefficient (Wildman–Crippen LogP) is 3.03. The molecule has 0 aliphatic rings. The van der Waals surface area contributed by atoms with E-state index >= 15 is 0 Å². The molecule has 0 unspecified atom stereocenters. The molecule has 0 spiro atoms. The zero-order chi connectivity index (χ0) is 13.0. The third kappa shape index (κ3) is 3.32. The molecule has 2 aromatic rings. The first-order valence-corrected chi connectivity index (χ1v) is 9.59. The molecule has 0 saturated carbocycles. The normalized spacial score (nSPS) is 10.6. The van der Waals surface area contributed by atoms with Gasteiger partial charge in [0.25, 0.3) is 0 Å². The summed E-state index contributed by atoms with van der Waals surface area (Å²) in [6.07, 6.45) is 1.97. The fourth-order valence-electron chi connectivity index (χ4n) is 1.57. The molecule has 2 heteroatoms. The van der Waals surface area contributed by atoms with E-state index in [2.05, 4.69) is 42.5 Å². The number of hydrogen-bond donors (Lipinski definition) is 0. The number of nitrogens with zero attached hydrogens (tertiary/aromatic N) is 1. The molecule has 0 bridgehead atoms. The predicted molar refractivity (Wildman–Crippen MR) is 79.6 cm³/mol. The lowest BCUT2D eigenvalue weighted by Crippen LogP contribution is -2.37. The molecular formula is C16H17NSi. The number of aromatic nitrogens is 1. The second-order valence-electron chi connectivity index (χ2n) is 5.30. The molecule has 1 nitrogen and oxygen atoms in total. The van der Waals surface area contributed by atoms with Gasteiger partial charge in [0.15, 0.2) is 0 Å². The Labute approximate surface area is 110 Å². The Morgan fingerprint density at radius 1 is 0.889 bits per heavy atom. The summed E-state index contributed by atoms with van der Waals surface area (Å²) < 4.78 is 0. The van der Waals surface area contributed by atoms with Crippen LogP contribution in [0.15, 0.2) is 48.7 Å². The van der Waals surface area contributed by atoms with Crippen molar-refractivity contribution in [3.8, 4) is 11.8 Å². The molecule has 0 radical (unpaired) electrons. The van der Waals surface area contributed by atoms with E-state index < -0.39 is 8.07 Å². The van der Waals surface area contributed by atoms with Crippen molar-refractivity contribution >= 4 is 13.3 Å². The topological polar surface area (TPSA) is 12.9 Å². The lowest BCUT2D eigenvalue weighted by molar-refractivity contribution is 1.30. The zero-order valence-corrected chi connectivity index (χ0v) is 12.1. The lowest BCUT2D eigenvalue weighted by Gasteiger charge is -2.15. The Morgan fingerprint density at radius 3 is 2.17 bits per heavy atom. The average molecular weight is 251 g/mol. The van der Waals surface area contributed by atoms with Crippen LogP contribution in [-0.2, 0) is 0 Å². The molecule has 0 fully saturated rings. The Kier molecular flexibility index (Phi) is 3.64. The standard InChI is InChI=1S/C16H17NSi/c1-18(2,3)16-12-11-15(17-13-16)10-9-14-7-5-4-6-8-14/h4-8,11-13H,1-3H3. The molecule has 18 heavy (non-hydrogen) atoms. The van der Waals surface area contributed by atoms with E-state index in [0.29, 0.717) is 0 Å². The van der Waals surface area contributed by atoms with Gasteiger partial charge in [-0.05, 0) is 29.3 Å². The highest BCUT2D eigenvalue weighted by molar-refractivity contribution is 6.88. The van der Waals surface area contributed by atoms with Crippen LogP contribution in [0.5, 0.6) is 0 Å². The van der Waals surface area contributed by atoms with Crippen molar-refractivity contribution < 1.29 is 0 Å². The Morgan fingerprint density at radius 2 is 1.61 bits per heavy atom. The third-order valence-corrected chi connectivity index (χ3v) is 4.77. The van der Waals surface area contributed by atoms with Crippen LogP contribution in [0.1, 0.15) is 11.3 Å². The van der Waals surface area contributed by atoms with Gasteiger partial charge in [-0.2, -0.15) is 0 Å². The maximum absolute atomic E-state index is 4.42. The molecule has 0 aliphatic heterocycles. The Hall–Kier alpha value is -1.85. The van der Waals surface area contributed by atoms with Crippen LogP contribution in [0.2, 0.25) is 19.6 Å². The molecule has 2 rings (SSSR count). The summed E-state index contributed by atoms with van der Waals surface area (Å²) in [6, 6.07) is 14.2. The monoisotopic (exact) mass is 251 g/mol. The summed E-state index contributed by atoms with van der Waals surface area (Å²) in [6.45, 7) is 6.96. The summed E-state index contributed by atoms with van der Waals surface area (Å²) in [5, 5.41) is 1.37. The van der Waals surface area contributed by atoms with Gasteiger partial charge in [-0.15, -0.1) is 0 Å². The maximum Gasteiger partial charge on any atom is 0.113 e. The van der Waals surface area contributed by atoms with E-state index in [1.807, 2.05) is 42.6 Å². The molecule has 1 aromatic carbocycles. The summed E-state index contributed by atoms with van der Waals surface area (Å²) in [7, 11) is -1.25. The minimum Gasteiger partial charge on any atom is -0.248 e. The van der Waals surface area contributed by atoms with Crippen LogP contribution in [0.4, 0.5) is 0 Å². The summed E-state index contributed by atoms with van der Waals surface area (Å²) >= 11 is 0. The van der Waals surface area contributed by atoms with Crippen LogP contribution in [0.3, 0.4) is 0 Å². The number of hydrogen-bond acceptors (Lipinski definition) is 1. The van der Waals surface area contributed by atoms with Gasteiger partial charge < -0.3 is 0 Å². The second-order valence-corrected chi connectivity index (χ2v) is 10.4. The van der Waals surface area contributed by atoms with Crippen molar-refractivity contribution in [2.24, 2.45) is 0 Å². The van der Waals surface area contributed by atoms with Gasteiger partial charge in [-0.1, -0.05) is 49.8 Å². The second kappa shape index (κ2) is 5.20. The quantitative estimate of drug-likeness (QED) is 0.561. The van der Waals surface area contributed by atoms with Gasteiger partial charge in [0.2, 0.25) is 0 Å². The van der Waals surface area contributed by atoms with E-state index in [-0.39, 0.29) is 0 Å². The summed E-state index contributed by atoms with van der Waals surface area (Å²) in [5.41, 5.74) is 1.86. The molecule has 0 atom stereocenters. The van der Waals surface area contributed by atoms with Crippen molar-refractivity contribution in [1.29, 1.82) is 0 Å². The Balaban J connectivity index is 2.20. The highest BCUT2D eigenvalue weighted by Gasteiger charge is 2.15. The van der Waals surface area contributed by atoms with Crippen LogP contribution in [-0.4, -0.2) is 13.1 Å². The van der Waals surface area contributed by atoms with Gasteiger partial charge in [0.1, 0.15) is 5.69 Å². The van der Waals surface area contributed by atoms with Gasteiger partial charge in [-0.3, -0.25) is 0 Å². The van der Waals surface area contributed by atoms with Crippen molar-refractivity contribution in [3.63, 3.8) is 0 Å². The smallest absolute Gasteiger partial charge is 0.113 e. The maximum atomic E-state index is 4.42. The van der Waals surface area contributed by atoms with E-state index in [9.17, 15) is 0 Å². The summed E-state index contributed by atoms with van der Waals surface area (Å²) in [4.78, 5) is 4.42. The first-order chi connectivity index (χ1) is 8.55. The van der Waals surface area contributed by atoms with Crippen LogP contribution in [0.25, 0.3) is 0 Å². The highest BCUT2D eigenvalue weighted by Crippen LogP contribution is 2.02. The van der Waals surface area contributed by atoms with Crippen LogP contribution < -0.4 is 5.19 Å². The fraction of sp³-hybridized carbons (Fsp3) is 0.188. The minimum atomic E-state index is -1.25. The van der Waals surface area contributed by atoms with Crippen LogP contribution in [0, 0.1) is 11.8 Å². The first kappa shape index (κ1) is 12.6. The molecule has 0 N–H and O–H groups in total. The van der Waals surface area contributed by atoms with E-state index in [1.54, 1.807) is 0 Å². The highest BCUT2D eigenvalue weighted by atomic mass is 28.3.